The summed E-state index contributed by atoms with van der Waals surface area (Å²) in [4.78, 5) is 25.7. The largest absolute Gasteiger partial charge is 0.456 e. The smallest absolute Gasteiger partial charge is 0.238 e. The molecule has 6 nitrogen and oxygen atoms in total. The van der Waals surface area contributed by atoms with Crippen LogP contribution in [0.25, 0.3) is 21.9 Å². The molecule has 2 amide bonds. The van der Waals surface area contributed by atoms with Crippen molar-refractivity contribution in [2.24, 2.45) is 0 Å². The fraction of sp³-hybridized carbons (Fsp3) is 0.263. The van der Waals surface area contributed by atoms with Gasteiger partial charge >= 0.3 is 0 Å². The van der Waals surface area contributed by atoms with Gasteiger partial charge in [0, 0.05) is 42.5 Å². The minimum Gasteiger partial charge on any atom is -0.456 e. The number of rotatable bonds is 3. The zero-order valence-electron chi connectivity index (χ0n) is 13.7. The molecule has 0 saturated carbocycles. The molecule has 0 aliphatic carbocycles. The molecule has 128 valence electrons. The number of anilines is 1. The second kappa shape index (κ2) is 6.57. The molecule has 0 atom stereocenters. The monoisotopic (exact) mass is 337 g/mol. The lowest BCUT2D eigenvalue weighted by Crippen LogP contribution is -2.35. The van der Waals surface area contributed by atoms with Crippen LogP contribution in [0.2, 0.25) is 0 Å². The fourth-order valence-corrected chi connectivity index (χ4v) is 3.18. The molecule has 1 fully saturated rings. The molecule has 1 aliphatic rings. The first-order valence-corrected chi connectivity index (χ1v) is 8.39. The van der Waals surface area contributed by atoms with E-state index in [1.807, 2.05) is 47.4 Å². The number of para-hydroxylation sites is 1. The molecule has 3 aromatic rings. The summed E-state index contributed by atoms with van der Waals surface area (Å²) in [7, 11) is 0. The van der Waals surface area contributed by atoms with Crippen LogP contribution in [0.1, 0.15) is 6.42 Å². The molecule has 6 heteroatoms. The van der Waals surface area contributed by atoms with Crippen molar-refractivity contribution in [3.05, 3.63) is 42.5 Å². The highest BCUT2D eigenvalue weighted by molar-refractivity contribution is 6.07. The molecule has 0 bridgehead atoms. The first-order chi connectivity index (χ1) is 12.2. The van der Waals surface area contributed by atoms with Crippen molar-refractivity contribution in [2.45, 2.75) is 6.42 Å². The second-order valence-corrected chi connectivity index (χ2v) is 6.23. The first kappa shape index (κ1) is 15.7. The Hall–Kier alpha value is -2.86. The number of hydrogen-bond acceptors (Lipinski definition) is 4. The van der Waals surface area contributed by atoms with Gasteiger partial charge in [0.2, 0.25) is 11.8 Å². The molecule has 0 unspecified atom stereocenters. The number of benzene rings is 2. The van der Waals surface area contributed by atoms with Gasteiger partial charge in [-0.3, -0.25) is 14.5 Å². The maximum atomic E-state index is 12.3. The van der Waals surface area contributed by atoms with Gasteiger partial charge < -0.3 is 15.1 Å². The number of nitrogens with one attached hydrogen (secondary N) is 2. The molecule has 1 aromatic heterocycles. The van der Waals surface area contributed by atoms with E-state index in [0.29, 0.717) is 26.1 Å². The third kappa shape index (κ3) is 3.34. The quantitative estimate of drug-likeness (QED) is 0.769. The molecule has 1 saturated heterocycles. The molecule has 1 aliphatic heterocycles. The van der Waals surface area contributed by atoms with Crippen LogP contribution >= 0.6 is 0 Å². The van der Waals surface area contributed by atoms with E-state index in [9.17, 15) is 9.59 Å². The number of amides is 2. The van der Waals surface area contributed by atoms with Crippen molar-refractivity contribution >= 4 is 39.4 Å². The second-order valence-electron chi connectivity index (χ2n) is 6.23. The van der Waals surface area contributed by atoms with Crippen LogP contribution in [0.3, 0.4) is 0 Å². The number of furan rings is 1. The van der Waals surface area contributed by atoms with E-state index >= 15 is 0 Å². The number of nitrogens with zero attached hydrogens (tertiary/aromatic N) is 1. The minimum atomic E-state index is -0.0819. The van der Waals surface area contributed by atoms with Crippen LogP contribution in [0, 0.1) is 0 Å². The van der Waals surface area contributed by atoms with Crippen LogP contribution < -0.4 is 10.6 Å². The van der Waals surface area contributed by atoms with E-state index < -0.39 is 0 Å². The summed E-state index contributed by atoms with van der Waals surface area (Å²) in [5.74, 6) is -0.0401. The molecule has 2 aromatic carbocycles. The van der Waals surface area contributed by atoms with E-state index in [0.717, 1.165) is 27.6 Å². The maximum absolute atomic E-state index is 12.3. The molecule has 0 radical (unpaired) electrons. The predicted molar refractivity (Wildman–Crippen MR) is 96.4 cm³/mol. The summed E-state index contributed by atoms with van der Waals surface area (Å²) in [6.45, 7) is 2.15. The molecular formula is C19H19N3O3. The topological polar surface area (TPSA) is 74.6 Å². The van der Waals surface area contributed by atoms with Crippen molar-refractivity contribution in [3.8, 4) is 0 Å². The lowest BCUT2D eigenvalue weighted by atomic mass is 10.1. The highest BCUT2D eigenvalue weighted by atomic mass is 16.3. The van der Waals surface area contributed by atoms with E-state index in [2.05, 4.69) is 10.6 Å². The van der Waals surface area contributed by atoms with Crippen molar-refractivity contribution in [3.63, 3.8) is 0 Å². The summed E-state index contributed by atoms with van der Waals surface area (Å²) >= 11 is 0. The van der Waals surface area contributed by atoms with Gasteiger partial charge in [0.05, 0.1) is 6.54 Å². The highest BCUT2D eigenvalue weighted by Crippen LogP contribution is 2.30. The highest BCUT2D eigenvalue weighted by Gasteiger charge is 2.16. The number of carbonyl (C=O) groups is 2. The van der Waals surface area contributed by atoms with Crippen LogP contribution in [-0.4, -0.2) is 42.9 Å². The summed E-state index contributed by atoms with van der Waals surface area (Å²) in [6.07, 6.45) is 0.431. The average molecular weight is 337 g/mol. The predicted octanol–water partition coefficient (Wildman–Crippen LogP) is 2.35. The van der Waals surface area contributed by atoms with Crippen molar-refractivity contribution < 1.29 is 14.0 Å². The average Bonchev–Trinajstić information content (AvgIpc) is 2.85. The minimum absolute atomic E-state index is 0.0418. The Morgan fingerprint density at radius 2 is 1.96 bits per heavy atom. The Labute approximate surface area is 144 Å². The lowest BCUT2D eigenvalue weighted by molar-refractivity contribution is -0.121. The van der Waals surface area contributed by atoms with E-state index in [4.69, 9.17) is 4.42 Å². The van der Waals surface area contributed by atoms with Crippen LogP contribution in [0.15, 0.2) is 46.9 Å². The van der Waals surface area contributed by atoms with Gasteiger partial charge in [-0.1, -0.05) is 18.2 Å². The van der Waals surface area contributed by atoms with Gasteiger partial charge in [0.15, 0.2) is 0 Å². The fourth-order valence-electron chi connectivity index (χ4n) is 3.18. The Balaban J connectivity index is 1.49. The van der Waals surface area contributed by atoms with Crippen molar-refractivity contribution in [1.82, 2.24) is 10.2 Å². The summed E-state index contributed by atoms with van der Waals surface area (Å²) in [6, 6.07) is 13.5. The molecule has 0 spiro atoms. The van der Waals surface area contributed by atoms with E-state index in [-0.39, 0.29) is 18.4 Å². The van der Waals surface area contributed by atoms with Crippen LogP contribution in [0.5, 0.6) is 0 Å². The van der Waals surface area contributed by atoms with E-state index in [1.54, 1.807) is 0 Å². The number of fused-ring (bicyclic) bond motifs is 3. The Morgan fingerprint density at radius 1 is 1.12 bits per heavy atom. The molecule has 2 heterocycles. The third-order valence-corrected chi connectivity index (χ3v) is 4.43. The summed E-state index contributed by atoms with van der Waals surface area (Å²) in [5.41, 5.74) is 2.38. The Bertz CT molecular complexity index is 947. The summed E-state index contributed by atoms with van der Waals surface area (Å²) in [5, 5.41) is 7.77. The maximum Gasteiger partial charge on any atom is 0.238 e. The van der Waals surface area contributed by atoms with Gasteiger partial charge in [-0.2, -0.15) is 0 Å². The molecular weight excluding hydrogens is 318 g/mol. The van der Waals surface area contributed by atoms with Gasteiger partial charge in [0.25, 0.3) is 0 Å². The van der Waals surface area contributed by atoms with Gasteiger partial charge in [-0.15, -0.1) is 0 Å². The van der Waals surface area contributed by atoms with Gasteiger partial charge in [0.1, 0.15) is 11.2 Å². The zero-order valence-corrected chi connectivity index (χ0v) is 13.7. The number of carbonyl (C=O) groups excluding carboxylic acids is 2. The SMILES string of the molecule is O=C1CCN(CC(=O)Nc2ccc3oc4ccccc4c3c2)CCN1. The van der Waals surface area contributed by atoms with E-state index in [1.165, 1.54) is 0 Å². The van der Waals surface area contributed by atoms with Gasteiger partial charge in [-0.05, 0) is 24.3 Å². The van der Waals surface area contributed by atoms with Crippen LogP contribution in [-0.2, 0) is 9.59 Å². The standard InChI is InChI=1S/C19H19N3O3/c23-18-7-9-22(10-8-20-18)12-19(24)21-13-5-6-17-15(11-13)14-3-1-2-4-16(14)25-17/h1-6,11H,7-10,12H2,(H,20,23)(H,21,24). The van der Waals surface area contributed by atoms with Crippen molar-refractivity contribution in [2.75, 3.05) is 31.5 Å². The number of hydrogen-bond donors (Lipinski definition) is 2. The Morgan fingerprint density at radius 3 is 2.88 bits per heavy atom. The van der Waals surface area contributed by atoms with Crippen LogP contribution in [0.4, 0.5) is 5.69 Å². The normalized spacial score (nSPS) is 15.9. The zero-order chi connectivity index (χ0) is 17.2. The molecule has 25 heavy (non-hydrogen) atoms. The third-order valence-electron chi connectivity index (χ3n) is 4.43. The molecule has 4 rings (SSSR count). The van der Waals surface area contributed by atoms with Gasteiger partial charge in [-0.25, -0.2) is 0 Å². The lowest BCUT2D eigenvalue weighted by Gasteiger charge is -2.18. The summed E-state index contributed by atoms with van der Waals surface area (Å²) < 4.78 is 5.80. The first-order valence-electron chi connectivity index (χ1n) is 8.39. The molecule has 2 N–H and O–H groups in total. The van der Waals surface area contributed by atoms with Crippen molar-refractivity contribution in [1.29, 1.82) is 0 Å². The Kier molecular flexibility index (Phi) is 4.11.